The number of sulfone groups is 1. The molecule has 0 bridgehead atoms. The van der Waals surface area contributed by atoms with Crippen LogP contribution in [0.5, 0.6) is 0 Å². The minimum atomic E-state index is -3.61. The number of rotatable bonds is 14. The molecule has 0 aliphatic heterocycles. The van der Waals surface area contributed by atoms with Crippen LogP contribution in [-0.4, -0.2) is 45.3 Å². The summed E-state index contributed by atoms with van der Waals surface area (Å²) in [5.41, 5.74) is 9.05. The van der Waals surface area contributed by atoms with Gasteiger partial charge in [-0.05, 0) is 120 Å². The van der Waals surface area contributed by atoms with Crippen molar-refractivity contribution in [1.29, 1.82) is 0 Å². The van der Waals surface area contributed by atoms with Gasteiger partial charge in [-0.1, -0.05) is 146 Å². The van der Waals surface area contributed by atoms with Crippen LogP contribution in [0.2, 0.25) is 0 Å². The van der Waals surface area contributed by atoms with Crippen molar-refractivity contribution in [3.8, 4) is 0 Å². The molecule has 2 aliphatic carbocycles. The molecule has 0 saturated heterocycles. The molecule has 292 valence electrons. The van der Waals surface area contributed by atoms with E-state index in [1.807, 2.05) is 97.1 Å². The molecule has 0 amide bonds. The van der Waals surface area contributed by atoms with Crippen molar-refractivity contribution in [1.82, 2.24) is 0 Å². The van der Waals surface area contributed by atoms with E-state index in [-0.39, 0.29) is 23.3 Å². The van der Waals surface area contributed by atoms with Gasteiger partial charge in [-0.2, -0.15) is 0 Å². The lowest BCUT2D eigenvalue weighted by molar-refractivity contribution is 0.113. The number of aryl methyl sites for hydroxylation is 4. The number of hydrogen-bond acceptors (Lipinski definition) is 4. The Kier molecular flexibility index (Phi) is 13.3. The van der Waals surface area contributed by atoms with Gasteiger partial charge in [0.15, 0.2) is 9.84 Å². The van der Waals surface area contributed by atoms with Gasteiger partial charge in [0, 0.05) is 26.1 Å². The van der Waals surface area contributed by atoms with Crippen molar-refractivity contribution in [2.45, 2.75) is 38.9 Å². The van der Waals surface area contributed by atoms with Gasteiger partial charge in [0.25, 0.3) is 0 Å². The summed E-state index contributed by atoms with van der Waals surface area (Å²) < 4.78 is 41.1. The minimum Gasteiger partial charge on any atom is -0.366 e. The van der Waals surface area contributed by atoms with Crippen LogP contribution in [0, 0.1) is 39.5 Å². The number of methoxy groups -OCH3 is 2. The fourth-order valence-corrected chi connectivity index (χ4v) is 9.19. The molecule has 0 heterocycles. The van der Waals surface area contributed by atoms with Crippen LogP contribution >= 0.6 is 0 Å². The quantitative estimate of drug-likeness (QED) is 0.120. The SMILES string of the molecule is COC1(/C=C/c2ccccc2C)C=CC(CS(=O)(=O)CC2C=CC(/C=C/c3ccccc3C)(OC)C=C2/C=C/c2ccccc2C)C(/C=C/c2ccccc2C)=C1. The molecule has 4 unspecified atom stereocenters. The van der Waals surface area contributed by atoms with E-state index < -0.39 is 21.0 Å². The predicted molar refractivity (Wildman–Crippen MR) is 240 cm³/mol. The maximum atomic E-state index is 14.4. The van der Waals surface area contributed by atoms with Gasteiger partial charge in [0.2, 0.25) is 0 Å². The van der Waals surface area contributed by atoms with Gasteiger partial charge in [0.1, 0.15) is 11.2 Å². The molecular weight excluding hydrogens is 721 g/mol. The largest absolute Gasteiger partial charge is 0.366 e. The number of ether oxygens (including phenoxy) is 2. The van der Waals surface area contributed by atoms with Gasteiger partial charge >= 0.3 is 0 Å². The maximum Gasteiger partial charge on any atom is 0.152 e. The number of allylic oxidation sites excluding steroid dienone is 6. The second-order valence-corrected chi connectivity index (χ2v) is 17.3. The maximum absolute atomic E-state index is 14.4. The molecule has 2 aliphatic rings. The Labute approximate surface area is 340 Å². The molecule has 4 aromatic carbocycles. The van der Waals surface area contributed by atoms with E-state index in [2.05, 4.69) is 113 Å². The second-order valence-electron chi connectivity index (χ2n) is 15.2. The highest BCUT2D eigenvalue weighted by Gasteiger charge is 2.33. The van der Waals surface area contributed by atoms with E-state index >= 15 is 0 Å². The van der Waals surface area contributed by atoms with Crippen LogP contribution in [0.1, 0.15) is 44.5 Å². The van der Waals surface area contributed by atoms with Crippen LogP contribution in [0.4, 0.5) is 0 Å². The third-order valence-corrected chi connectivity index (χ3v) is 12.8. The van der Waals surface area contributed by atoms with Gasteiger partial charge in [0.05, 0.1) is 11.5 Å². The van der Waals surface area contributed by atoms with E-state index in [1.165, 1.54) is 0 Å². The van der Waals surface area contributed by atoms with Crippen molar-refractivity contribution in [2.24, 2.45) is 11.8 Å². The highest BCUT2D eigenvalue weighted by molar-refractivity contribution is 7.91. The first-order valence-corrected chi connectivity index (χ1v) is 21.4. The van der Waals surface area contributed by atoms with E-state index in [1.54, 1.807) is 14.2 Å². The van der Waals surface area contributed by atoms with E-state index in [9.17, 15) is 8.42 Å². The molecular formula is C52H54O4S. The lowest BCUT2D eigenvalue weighted by Gasteiger charge is -2.31. The van der Waals surface area contributed by atoms with Crippen LogP contribution in [0.25, 0.3) is 24.3 Å². The molecule has 4 aromatic rings. The van der Waals surface area contributed by atoms with Gasteiger partial charge in [-0.3, -0.25) is 0 Å². The lowest BCUT2D eigenvalue weighted by atomic mass is 9.85. The van der Waals surface area contributed by atoms with Crippen LogP contribution in [0.3, 0.4) is 0 Å². The summed E-state index contributed by atoms with van der Waals surface area (Å²) in [6.07, 6.45) is 28.5. The lowest BCUT2D eigenvalue weighted by Crippen LogP contribution is -2.32. The summed E-state index contributed by atoms with van der Waals surface area (Å²) in [6.45, 7) is 8.32. The van der Waals surface area contributed by atoms with Crippen LogP contribution < -0.4 is 0 Å². The average molecular weight is 775 g/mol. The Morgan fingerprint density at radius 3 is 1.12 bits per heavy atom. The molecule has 4 nitrogen and oxygen atoms in total. The minimum absolute atomic E-state index is 0.0452. The van der Waals surface area contributed by atoms with Crippen LogP contribution in [-0.2, 0) is 19.3 Å². The van der Waals surface area contributed by atoms with Crippen molar-refractivity contribution >= 4 is 34.1 Å². The molecule has 0 N–H and O–H groups in total. The summed E-state index contributed by atoms with van der Waals surface area (Å²) >= 11 is 0. The van der Waals surface area contributed by atoms with E-state index in [4.69, 9.17) is 9.47 Å². The van der Waals surface area contributed by atoms with Crippen LogP contribution in [0.15, 0.2) is 169 Å². The molecule has 5 heteroatoms. The van der Waals surface area contributed by atoms with Gasteiger partial charge in [-0.15, -0.1) is 0 Å². The topological polar surface area (TPSA) is 52.6 Å². The Morgan fingerprint density at radius 2 is 0.807 bits per heavy atom. The Hall–Kier alpha value is -5.33. The second kappa shape index (κ2) is 18.3. The highest BCUT2D eigenvalue weighted by atomic mass is 32.2. The van der Waals surface area contributed by atoms with Crippen molar-refractivity contribution in [3.63, 3.8) is 0 Å². The van der Waals surface area contributed by atoms with Crippen molar-refractivity contribution < 1.29 is 17.9 Å². The number of hydrogen-bond donors (Lipinski definition) is 0. The van der Waals surface area contributed by atoms with E-state index in [0.717, 1.165) is 55.7 Å². The van der Waals surface area contributed by atoms with Gasteiger partial charge < -0.3 is 9.47 Å². The zero-order valence-electron chi connectivity index (χ0n) is 33.9. The fourth-order valence-electron chi connectivity index (χ4n) is 7.35. The average Bonchev–Trinajstić information content (AvgIpc) is 3.21. The fraction of sp³-hybridized carbons (Fsp3) is 0.231. The first-order valence-electron chi connectivity index (χ1n) is 19.5. The van der Waals surface area contributed by atoms with Gasteiger partial charge in [-0.25, -0.2) is 8.42 Å². The summed E-state index contributed by atoms with van der Waals surface area (Å²) in [7, 11) is -0.234. The monoisotopic (exact) mass is 774 g/mol. The first-order chi connectivity index (χ1) is 27.4. The first kappa shape index (κ1) is 41.3. The third kappa shape index (κ3) is 10.5. The van der Waals surface area contributed by atoms with E-state index in [0.29, 0.717) is 0 Å². The molecule has 0 radical (unpaired) electrons. The Bertz CT molecular complexity index is 2260. The molecule has 57 heavy (non-hydrogen) atoms. The molecule has 0 fully saturated rings. The Balaban J connectivity index is 1.32. The highest BCUT2D eigenvalue weighted by Crippen LogP contribution is 2.35. The summed E-state index contributed by atoms with van der Waals surface area (Å²) in [4.78, 5) is 0. The summed E-state index contributed by atoms with van der Waals surface area (Å²) in [5.74, 6) is -0.835. The predicted octanol–water partition coefficient (Wildman–Crippen LogP) is 11.5. The third-order valence-electron chi connectivity index (χ3n) is 11.1. The molecule has 0 aromatic heterocycles. The number of benzene rings is 4. The smallest absolute Gasteiger partial charge is 0.152 e. The zero-order valence-corrected chi connectivity index (χ0v) is 34.7. The summed E-state index contributed by atoms with van der Waals surface area (Å²) in [6, 6.07) is 32.8. The molecule has 0 saturated carbocycles. The normalized spacial score (nSPS) is 22.6. The molecule has 4 atom stereocenters. The standard InChI is InChI=1S/C52H54O4S/c1-39-15-7-11-19-43(39)23-25-47-35-51(55-5,31-27-45-21-13-9-17-41(45)3)33-29-49(47)37-57(53,54)38-50-30-34-52(56-6,32-28-46-22-14-10-18-42(46)4)36-48(50)26-24-44-20-12-8-16-40(44)2/h7-36,49-50H,37-38H2,1-6H3/b25-23+,26-24+,31-27+,32-28+. The summed E-state index contributed by atoms with van der Waals surface area (Å²) in [5, 5.41) is 0. The Morgan fingerprint density at radius 1 is 0.491 bits per heavy atom. The molecule has 0 spiro atoms. The van der Waals surface area contributed by atoms with Crippen molar-refractivity contribution in [2.75, 3.05) is 25.7 Å². The van der Waals surface area contributed by atoms with Crippen molar-refractivity contribution in [3.05, 3.63) is 213 Å². The zero-order chi connectivity index (χ0) is 40.5. The molecule has 6 rings (SSSR count).